The quantitative estimate of drug-likeness (QED) is 0.718. The van der Waals surface area contributed by atoms with Gasteiger partial charge in [0, 0.05) is 11.6 Å². The van der Waals surface area contributed by atoms with E-state index in [1.807, 2.05) is 18.4 Å². The van der Waals surface area contributed by atoms with Crippen molar-refractivity contribution in [2.24, 2.45) is 0 Å². The van der Waals surface area contributed by atoms with E-state index in [0.29, 0.717) is 11.8 Å². The molecule has 1 aromatic carbocycles. The number of amides is 1. The summed E-state index contributed by atoms with van der Waals surface area (Å²) in [7, 11) is 0. The maximum atomic E-state index is 12.7. The average Bonchev–Trinajstić information content (AvgIpc) is 2.58. The van der Waals surface area contributed by atoms with Gasteiger partial charge in [0.25, 0.3) is 5.91 Å². The Morgan fingerprint density at radius 1 is 1.38 bits per heavy atom. The van der Waals surface area contributed by atoms with Gasteiger partial charge in [-0.2, -0.15) is 11.8 Å². The Labute approximate surface area is 145 Å². The molecule has 2 aromatic rings. The van der Waals surface area contributed by atoms with E-state index in [0.717, 1.165) is 16.8 Å². The first-order valence-corrected chi connectivity index (χ1v) is 9.44. The van der Waals surface area contributed by atoms with Crippen molar-refractivity contribution in [3.8, 4) is 0 Å². The highest BCUT2D eigenvalue weighted by molar-refractivity contribution is 7.98. The first kappa shape index (κ1) is 18.5. The molecule has 0 saturated carbocycles. The van der Waals surface area contributed by atoms with Crippen molar-refractivity contribution < 1.29 is 9.90 Å². The minimum Gasteiger partial charge on any atom is -0.394 e. The van der Waals surface area contributed by atoms with E-state index >= 15 is 0 Å². The van der Waals surface area contributed by atoms with Gasteiger partial charge in [0.1, 0.15) is 5.56 Å². The largest absolute Gasteiger partial charge is 0.394 e. The van der Waals surface area contributed by atoms with Crippen molar-refractivity contribution in [2.45, 2.75) is 32.2 Å². The van der Waals surface area contributed by atoms with Crippen LogP contribution in [0.1, 0.15) is 42.1 Å². The van der Waals surface area contributed by atoms with Gasteiger partial charge in [0.05, 0.1) is 18.2 Å². The number of aromatic nitrogens is 1. The Kier molecular flexibility index (Phi) is 6.45. The third kappa shape index (κ3) is 3.99. The number of fused-ring (bicyclic) bond motifs is 1. The normalized spacial score (nSPS) is 12.5. The number of aromatic amines is 1. The molecular formula is C18H24N2O3S. The summed E-state index contributed by atoms with van der Waals surface area (Å²) in [6.45, 7) is 3.98. The molecule has 5 nitrogen and oxygen atoms in total. The second-order valence-corrected chi connectivity index (χ2v) is 7.08. The van der Waals surface area contributed by atoms with Gasteiger partial charge in [0.15, 0.2) is 0 Å². The Hall–Kier alpha value is -1.79. The SMILES string of the molecule is CSCCC(CO)NC(=O)c1c[nH]c2c(C(C)C)cccc2c1=O. The fourth-order valence-corrected chi connectivity index (χ4v) is 3.18. The highest BCUT2D eigenvalue weighted by atomic mass is 32.2. The lowest BCUT2D eigenvalue weighted by atomic mass is 9.99. The number of carbonyl (C=O) groups excluding carboxylic acids is 1. The summed E-state index contributed by atoms with van der Waals surface area (Å²) >= 11 is 1.65. The summed E-state index contributed by atoms with van der Waals surface area (Å²) in [6.07, 6.45) is 4.10. The van der Waals surface area contributed by atoms with Crippen LogP contribution in [0.5, 0.6) is 0 Å². The third-order valence-electron chi connectivity index (χ3n) is 4.04. The zero-order chi connectivity index (χ0) is 17.7. The van der Waals surface area contributed by atoms with Gasteiger partial charge < -0.3 is 15.4 Å². The van der Waals surface area contributed by atoms with Gasteiger partial charge >= 0.3 is 0 Å². The summed E-state index contributed by atoms with van der Waals surface area (Å²) in [5.41, 5.74) is 1.61. The van der Waals surface area contributed by atoms with Gasteiger partial charge in [-0.1, -0.05) is 26.0 Å². The van der Waals surface area contributed by atoms with Crippen LogP contribution in [0.15, 0.2) is 29.2 Å². The smallest absolute Gasteiger partial charge is 0.257 e. The van der Waals surface area contributed by atoms with Crippen LogP contribution in [0.4, 0.5) is 0 Å². The predicted octanol–water partition coefficient (Wildman–Crippen LogP) is 2.50. The molecule has 6 heteroatoms. The van der Waals surface area contributed by atoms with Crippen LogP contribution in [-0.2, 0) is 0 Å². The summed E-state index contributed by atoms with van der Waals surface area (Å²) < 4.78 is 0. The first-order chi connectivity index (χ1) is 11.5. The molecule has 1 amide bonds. The van der Waals surface area contributed by atoms with Gasteiger partial charge in [-0.15, -0.1) is 0 Å². The second kappa shape index (κ2) is 8.35. The summed E-state index contributed by atoms with van der Waals surface area (Å²) in [5.74, 6) is 0.653. The summed E-state index contributed by atoms with van der Waals surface area (Å²) in [6, 6.07) is 5.20. The molecule has 0 aliphatic rings. The molecule has 0 spiro atoms. The van der Waals surface area contributed by atoms with Crippen molar-refractivity contribution in [2.75, 3.05) is 18.6 Å². The van der Waals surface area contributed by atoms with E-state index in [-0.39, 0.29) is 29.6 Å². The average molecular weight is 348 g/mol. The van der Waals surface area contributed by atoms with Gasteiger partial charge in [-0.05, 0) is 36.0 Å². The number of aliphatic hydroxyl groups excluding tert-OH is 1. The molecule has 1 heterocycles. The minimum atomic E-state index is -0.451. The Balaban J connectivity index is 2.35. The Bertz CT molecular complexity index is 770. The number of pyridine rings is 1. The molecule has 1 unspecified atom stereocenters. The van der Waals surface area contributed by atoms with Crippen molar-refractivity contribution in [1.82, 2.24) is 10.3 Å². The van der Waals surface area contributed by atoms with Gasteiger partial charge in [-0.3, -0.25) is 9.59 Å². The zero-order valence-corrected chi connectivity index (χ0v) is 15.1. The molecule has 0 saturated heterocycles. The molecule has 0 aliphatic carbocycles. The van der Waals surface area contributed by atoms with Crippen LogP contribution in [0.2, 0.25) is 0 Å². The van der Waals surface area contributed by atoms with Crippen molar-refractivity contribution in [3.05, 3.63) is 45.7 Å². The second-order valence-electron chi connectivity index (χ2n) is 6.09. The molecule has 3 N–H and O–H groups in total. The molecular weight excluding hydrogens is 324 g/mol. The molecule has 1 atom stereocenters. The van der Waals surface area contributed by atoms with Gasteiger partial charge in [-0.25, -0.2) is 0 Å². The van der Waals surface area contributed by atoms with Crippen LogP contribution in [0.3, 0.4) is 0 Å². The van der Waals surface area contributed by atoms with Crippen molar-refractivity contribution >= 4 is 28.6 Å². The number of para-hydroxylation sites is 1. The lowest BCUT2D eigenvalue weighted by Gasteiger charge is -2.16. The number of thioether (sulfide) groups is 1. The van der Waals surface area contributed by atoms with Crippen LogP contribution in [-0.4, -0.2) is 40.7 Å². The van der Waals surface area contributed by atoms with Crippen LogP contribution in [0.25, 0.3) is 10.9 Å². The molecule has 130 valence electrons. The molecule has 0 radical (unpaired) electrons. The fraction of sp³-hybridized carbons (Fsp3) is 0.444. The molecule has 0 bridgehead atoms. The lowest BCUT2D eigenvalue weighted by molar-refractivity contribution is 0.0914. The van der Waals surface area contributed by atoms with Crippen molar-refractivity contribution in [3.63, 3.8) is 0 Å². The zero-order valence-electron chi connectivity index (χ0n) is 14.3. The third-order valence-corrected chi connectivity index (χ3v) is 4.68. The van der Waals surface area contributed by atoms with E-state index in [4.69, 9.17) is 0 Å². The standard InChI is InChI=1S/C18H24N2O3S/c1-11(2)13-5-4-6-14-16(13)19-9-15(17(14)22)18(23)20-12(10-21)7-8-24-3/h4-6,9,11-12,21H,7-8,10H2,1-3H3,(H,19,22)(H,20,23). The topological polar surface area (TPSA) is 82.2 Å². The number of nitrogens with one attached hydrogen (secondary N) is 2. The highest BCUT2D eigenvalue weighted by Crippen LogP contribution is 2.21. The number of rotatable bonds is 7. The minimum absolute atomic E-state index is 0.0750. The maximum Gasteiger partial charge on any atom is 0.257 e. The van der Waals surface area contributed by atoms with E-state index in [2.05, 4.69) is 24.1 Å². The Morgan fingerprint density at radius 3 is 2.75 bits per heavy atom. The Morgan fingerprint density at radius 2 is 2.12 bits per heavy atom. The van der Waals surface area contributed by atoms with E-state index < -0.39 is 5.91 Å². The predicted molar refractivity (Wildman–Crippen MR) is 100.0 cm³/mol. The number of benzene rings is 1. The molecule has 0 aliphatic heterocycles. The van der Waals surface area contributed by atoms with Crippen molar-refractivity contribution in [1.29, 1.82) is 0 Å². The number of aliphatic hydroxyl groups is 1. The summed E-state index contributed by atoms with van der Waals surface area (Å²) in [5, 5.41) is 12.6. The van der Waals surface area contributed by atoms with Crippen LogP contribution < -0.4 is 10.7 Å². The molecule has 1 aromatic heterocycles. The van der Waals surface area contributed by atoms with E-state index in [9.17, 15) is 14.7 Å². The number of carbonyl (C=O) groups is 1. The first-order valence-electron chi connectivity index (χ1n) is 8.04. The monoisotopic (exact) mass is 348 g/mol. The van der Waals surface area contributed by atoms with E-state index in [1.165, 1.54) is 6.20 Å². The lowest BCUT2D eigenvalue weighted by Crippen LogP contribution is -2.40. The van der Waals surface area contributed by atoms with Crippen LogP contribution >= 0.6 is 11.8 Å². The highest BCUT2D eigenvalue weighted by Gasteiger charge is 2.18. The van der Waals surface area contributed by atoms with Crippen LogP contribution in [0, 0.1) is 0 Å². The number of H-pyrrole nitrogens is 1. The maximum absolute atomic E-state index is 12.7. The molecule has 24 heavy (non-hydrogen) atoms. The molecule has 0 fully saturated rings. The number of hydrogen-bond acceptors (Lipinski definition) is 4. The number of hydrogen-bond donors (Lipinski definition) is 3. The van der Waals surface area contributed by atoms with Gasteiger partial charge in [0.2, 0.25) is 5.43 Å². The summed E-state index contributed by atoms with van der Waals surface area (Å²) in [4.78, 5) is 28.2. The molecule has 2 rings (SSSR count). The fourth-order valence-electron chi connectivity index (χ4n) is 2.66. The van der Waals surface area contributed by atoms with E-state index in [1.54, 1.807) is 17.8 Å².